The van der Waals surface area contributed by atoms with Crippen LogP contribution in [0.2, 0.25) is 5.02 Å². The highest BCUT2D eigenvalue weighted by molar-refractivity contribution is 6.30. The summed E-state index contributed by atoms with van der Waals surface area (Å²) in [6.45, 7) is 1.71. The van der Waals surface area contributed by atoms with Crippen LogP contribution in [0.25, 0.3) is 11.0 Å². The Bertz CT molecular complexity index is 1080. The summed E-state index contributed by atoms with van der Waals surface area (Å²) in [6, 6.07) is 14.5. The fourth-order valence-electron chi connectivity index (χ4n) is 2.96. The summed E-state index contributed by atoms with van der Waals surface area (Å²) in [5.74, 6) is -0.962. The highest BCUT2D eigenvalue weighted by Crippen LogP contribution is 2.23. The van der Waals surface area contributed by atoms with Crippen LogP contribution in [0.15, 0.2) is 53.1 Å². The van der Waals surface area contributed by atoms with Crippen molar-refractivity contribution in [3.05, 3.63) is 64.9 Å². The molecule has 0 aliphatic carbocycles. The second-order valence-electron chi connectivity index (χ2n) is 6.53. The molecule has 0 aliphatic rings. The molecule has 0 saturated heterocycles. The molecule has 0 unspecified atom stereocenters. The second-order valence-corrected chi connectivity index (χ2v) is 6.97. The monoisotopic (exact) mass is 410 g/mol. The molecule has 3 aromatic rings. The third-order valence-electron chi connectivity index (χ3n) is 4.37. The minimum Gasteiger partial charge on any atom is -0.464 e. The molecule has 148 valence electrons. The molecular formula is C22H19ClN2O4. The first-order valence-electron chi connectivity index (χ1n) is 9.03. The summed E-state index contributed by atoms with van der Waals surface area (Å²) in [7, 11) is 0. The number of anilines is 1. The van der Waals surface area contributed by atoms with Crippen molar-refractivity contribution in [2.75, 3.05) is 18.1 Å². The van der Waals surface area contributed by atoms with E-state index in [9.17, 15) is 9.59 Å². The molecule has 29 heavy (non-hydrogen) atoms. The number of esters is 1. The lowest BCUT2D eigenvalue weighted by Gasteiger charge is -2.21. The van der Waals surface area contributed by atoms with Crippen LogP contribution < -0.4 is 4.90 Å². The van der Waals surface area contributed by atoms with Gasteiger partial charge in [-0.2, -0.15) is 5.26 Å². The number of nitriles is 1. The van der Waals surface area contributed by atoms with Crippen LogP contribution in [0.1, 0.15) is 17.5 Å². The molecule has 0 bridgehead atoms. The molecule has 1 amide bonds. The molecule has 1 heterocycles. The Labute approximate surface area is 173 Å². The van der Waals surface area contributed by atoms with E-state index in [-0.39, 0.29) is 19.4 Å². The SMILES string of the molecule is Cc1ccc2c(CC(=O)OCC(=O)N(CCC#N)c3cccc(Cl)c3)coc2c1. The van der Waals surface area contributed by atoms with Gasteiger partial charge in [0, 0.05) is 28.2 Å². The third kappa shape index (κ3) is 5.15. The van der Waals surface area contributed by atoms with Crippen molar-refractivity contribution in [1.29, 1.82) is 5.26 Å². The topological polar surface area (TPSA) is 83.5 Å². The Balaban J connectivity index is 1.64. The van der Waals surface area contributed by atoms with Gasteiger partial charge in [0.05, 0.1) is 25.2 Å². The van der Waals surface area contributed by atoms with Crippen molar-refractivity contribution in [2.45, 2.75) is 19.8 Å². The molecule has 3 rings (SSSR count). The number of furan rings is 1. The molecule has 1 aromatic heterocycles. The largest absolute Gasteiger partial charge is 0.464 e. The Kier molecular flexibility index (Phi) is 6.53. The number of hydrogen-bond donors (Lipinski definition) is 0. The smallest absolute Gasteiger partial charge is 0.310 e. The number of carbonyl (C=O) groups is 2. The lowest BCUT2D eigenvalue weighted by Crippen LogP contribution is -2.35. The Morgan fingerprint density at radius 3 is 2.83 bits per heavy atom. The van der Waals surface area contributed by atoms with E-state index >= 15 is 0 Å². The molecule has 6 nitrogen and oxygen atoms in total. The predicted octanol–water partition coefficient (Wildman–Crippen LogP) is 4.43. The molecule has 0 saturated carbocycles. The minimum absolute atomic E-state index is 0.00129. The van der Waals surface area contributed by atoms with Crippen molar-refractivity contribution in [3.63, 3.8) is 0 Å². The number of amides is 1. The molecule has 0 fully saturated rings. The van der Waals surface area contributed by atoms with E-state index in [1.165, 1.54) is 11.2 Å². The van der Waals surface area contributed by atoms with E-state index in [2.05, 4.69) is 0 Å². The zero-order valence-electron chi connectivity index (χ0n) is 15.9. The maximum absolute atomic E-state index is 12.6. The third-order valence-corrected chi connectivity index (χ3v) is 4.61. The van der Waals surface area contributed by atoms with E-state index in [0.717, 1.165) is 10.9 Å². The van der Waals surface area contributed by atoms with Crippen molar-refractivity contribution in [3.8, 4) is 6.07 Å². The van der Waals surface area contributed by atoms with Crippen LogP contribution in [0, 0.1) is 18.3 Å². The number of halogens is 1. The van der Waals surface area contributed by atoms with Gasteiger partial charge >= 0.3 is 5.97 Å². The standard InChI is InChI=1S/C22H19ClN2O4/c1-15-6-7-19-16(13-28-20(19)10-15)11-22(27)29-14-21(26)25(9-3-8-24)18-5-2-4-17(23)12-18/h2,4-7,10,12-13H,3,9,11,14H2,1H3. The highest BCUT2D eigenvalue weighted by atomic mass is 35.5. The number of aryl methyl sites for hydroxylation is 1. The molecule has 7 heteroatoms. The first kappa shape index (κ1) is 20.4. The van der Waals surface area contributed by atoms with Crippen LogP contribution in [0.3, 0.4) is 0 Å². The van der Waals surface area contributed by atoms with Gasteiger partial charge in [-0.25, -0.2) is 0 Å². The summed E-state index contributed by atoms with van der Waals surface area (Å²) in [6.07, 6.45) is 1.67. The lowest BCUT2D eigenvalue weighted by atomic mass is 10.1. The summed E-state index contributed by atoms with van der Waals surface area (Å²) >= 11 is 5.99. The van der Waals surface area contributed by atoms with E-state index in [4.69, 9.17) is 26.0 Å². The van der Waals surface area contributed by atoms with Gasteiger partial charge in [-0.1, -0.05) is 29.8 Å². The molecule has 2 aromatic carbocycles. The molecule has 0 N–H and O–H groups in total. The lowest BCUT2D eigenvalue weighted by molar-refractivity contribution is -0.147. The van der Waals surface area contributed by atoms with Crippen molar-refractivity contribution in [1.82, 2.24) is 0 Å². The summed E-state index contributed by atoms with van der Waals surface area (Å²) < 4.78 is 10.7. The van der Waals surface area contributed by atoms with E-state index < -0.39 is 18.5 Å². The average Bonchev–Trinajstić information content (AvgIpc) is 3.08. The Morgan fingerprint density at radius 2 is 2.07 bits per heavy atom. The average molecular weight is 411 g/mol. The molecule has 0 atom stereocenters. The maximum atomic E-state index is 12.6. The number of nitrogens with zero attached hydrogens (tertiary/aromatic N) is 2. The zero-order chi connectivity index (χ0) is 20.8. The molecule has 0 spiro atoms. The van der Waals surface area contributed by atoms with Crippen LogP contribution >= 0.6 is 11.6 Å². The molecule has 0 radical (unpaired) electrons. The fraction of sp³-hybridized carbons (Fsp3) is 0.227. The van der Waals surface area contributed by atoms with Crippen LogP contribution in [-0.4, -0.2) is 25.0 Å². The van der Waals surface area contributed by atoms with Crippen LogP contribution in [0.5, 0.6) is 0 Å². The summed E-state index contributed by atoms with van der Waals surface area (Å²) in [5.41, 5.74) is 3.01. The molecular weight excluding hydrogens is 392 g/mol. The van der Waals surface area contributed by atoms with Crippen LogP contribution in [-0.2, 0) is 20.7 Å². The quantitative estimate of drug-likeness (QED) is 0.538. The van der Waals surface area contributed by atoms with Gasteiger partial charge in [-0.3, -0.25) is 9.59 Å². The van der Waals surface area contributed by atoms with E-state index in [1.807, 2.05) is 31.2 Å². The Hall–Kier alpha value is -3.30. The first-order valence-corrected chi connectivity index (χ1v) is 9.41. The second kappa shape index (κ2) is 9.26. The van der Waals surface area contributed by atoms with Gasteiger partial charge in [0.1, 0.15) is 5.58 Å². The van der Waals surface area contributed by atoms with Gasteiger partial charge in [0.2, 0.25) is 0 Å². The van der Waals surface area contributed by atoms with Gasteiger partial charge in [-0.05, 0) is 36.8 Å². The number of ether oxygens (including phenoxy) is 1. The number of carbonyl (C=O) groups excluding carboxylic acids is 2. The maximum Gasteiger partial charge on any atom is 0.310 e. The van der Waals surface area contributed by atoms with Gasteiger partial charge in [0.25, 0.3) is 5.91 Å². The zero-order valence-corrected chi connectivity index (χ0v) is 16.6. The number of fused-ring (bicyclic) bond motifs is 1. The normalized spacial score (nSPS) is 10.5. The van der Waals surface area contributed by atoms with Crippen molar-refractivity contribution >= 4 is 40.1 Å². The Morgan fingerprint density at radius 1 is 1.24 bits per heavy atom. The van der Waals surface area contributed by atoms with E-state index in [0.29, 0.717) is 21.9 Å². The summed E-state index contributed by atoms with van der Waals surface area (Å²) in [4.78, 5) is 26.2. The predicted molar refractivity (Wildman–Crippen MR) is 110 cm³/mol. The van der Waals surface area contributed by atoms with Gasteiger partial charge in [-0.15, -0.1) is 0 Å². The highest BCUT2D eigenvalue weighted by Gasteiger charge is 2.19. The van der Waals surface area contributed by atoms with Gasteiger partial charge in [0.15, 0.2) is 6.61 Å². The molecule has 0 aliphatic heterocycles. The number of rotatable bonds is 7. The number of hydrogen-bond acceptors (Lipinski definition) is 5. The van der Waals surface area contributed by atoms with E-state index in [1.54, 1.807) is 24.3 Å². The first-order chi connectivity index (χ1) is 14.0. The van der Waals surface area contributed by atoms with Crippen molar-refractivity contribution < 1.29 is 18.7 Å². The van der Waals surface area contributed by atoms with Gasteiger partial charge < -0.3 is 14.1 Å². The number of benzene rings is 2. The fourth-order valence-corrected chi connectivity index (χ4v) is 3.14. The van der Waals surface area contributed by atoms with Crippen LogP contribution in [0.4, 0.5) is 5.69 Å². The summed E-state index contributed by atoms with van der Waals surface area (Å²) in [5, 5.41) is 10.2. The van der Waals surface area contributed by atoms with Crippen molar-refractivity contribution in [2.24, 2.45) is 0 Å². The minimum atomic E-state index is -0.534.